The van der Waals surface area contributed by atoms with Crippen LogP contribution in [0.15, 0.2) is 48.5 Å². The van der Waals surface area contributed by atoms with Crippen LogP contribution in [-0.2, 0) is 10.2 Å². The van der Waals surface area contributed by atoms with Crippen LogP contribution in [0.3, 0.4) is 0 Å². The van der Waals surface area contributed by atoms with Crippen molar-refractivity contribution in [3.05, 3.63) is 98.0 Å². The van der Waals surface area contributed by atoms with Gasteiger partial charge in [-0.25, -0.2) is 8.78 Å². The molecule has 3 aromatic rings. The maximum atomic E-state index is 15.8. The number of nitrogens with one attached hydrogen (secondary N) is 2. The Bertz CT molecular complexity index is 1490. The van der Waals surface area contributed by atoms with Gasteiger partial charge in [-0.05, 0) is 85.2 Å². The summed E-state index contributed by atoms with van der Waals surface area (Å²) in [6.45, 7) is 11.9. The van der Waals surface area contributed by atoms with Crippen LogP contribution < -0.4 is 10.6 Å². The normalized spacial score (nSPS) is 22.7. The van der Waals surface area contributed by atoms with Crippen molar-refractivity contribution < 1.29 is 13.6 Å². The third kappa shape index (κ3) is 5.48. The first-order valence-electron chi connectivity index (χ1n) is 13.1. The summed E-state index contributed by atoms with van der Waals surface area (Å²) in [4.78, 5) is 14.0. The number of nitrogens with zero attached hydrogens (tertiary/aromatic N) is 1. The smallest absolute Gasteiger partial charge is 0.242 e. The third-order valence-electron chi connectivity index (χ3n) is 7.93. The van der Waals surface area contributed by atoms with Gasteiger partial charge in [-0.15, -0.1) is 0 Å². The molecule has 0 aromatic heterocycles. The molecular weight excluding hydrogens is 551 g/mol. The minimum Gasteiger partial charge on any atom is -0.325 e. The molecular formula is C32H33Cl2F2N3O. The lowest BCUT2D eigenvalue weighted by atomic mass is 9.62. The summed E-state index contributed by atoms with van der Waals surface area (Å²) in [7, 11) is 0. The van der Waals surface area contributed by atoms with E-state index in [2.05, 4.69) is 16.7 Å². The maximum absolute atomic E-state index is 15.8. The molecule has 0 saturated carbocycles. The van der Waals surface area contributed by atoms with Crippen LogP contribution >= 0.6 is 23.2 Å². The first-order chi connectivity index (χ1) is 18.7. The van der Waals surface area contributed by atoms with Gasteiger partial charge in [0.15, 0.2) is 0 Å². The van der Waals surface area contributed by atoms with Crippen molar-refractivity contribution in [1.29, 1.82) is 5.26 Å². The lowest BCUT2D eigenvalue weighted by Gasteiger charge is -2.37. The van der Waals surface area contributed by atoms with Gasteiger partial charge in [-0.1, -0.05) is 62.2 Å². The lowest BCUT2D eigenvalue weighted by Crippen LogP contribution is -2.45. The third-order valence-corrected chi connectivity index (χ3v) is 8.45. The summed E-state index contributed by atoms with van der Waals surface area (Å²) < 4.78 is 31.5. The largest absolute Gasteiger partial charge is 0.325 e. The number of hydrogen-bond donors (Lipinski definition) is 2. The molecule has 4 rings (SSSR count). The fraction of sp³-hybridized carbons (Fsp3) is 0.375. The molecule has 0 unspecified atom stereocenters. The molecule has 1 fully saturated rings. The van der Waals surface area contributed by atoms with E-state index < -0.39 is 41.0 Å². The van der Waals surface area contributed by atoms with Gasteiger partial charge in [0.2, 0.25) is 5.91 Å². The molecule has 0 aliphatic carbocycles. The highest BCUT2D eigenvalue weighted by atomic mass is 35.5. The predicted molar refractivity (Wildman–Crippen MR) is 157 cm³/mol. The van der Waals surface area contributed by atoms with Crippen molar-refractivity contribution in [3.63, 3.8) is 0 Å². The Morgan fingerprint density at radius 1 is 1.07 bits per heavy atom. The quantitative estimate of drug-likeness (QED) is 0.318. The van der Waals surface area contributed by atoms with Gasteiger partial charge in [0.05, 0.1) is 17.1 Å². The number of benzene rings is 3. The van der Waals surface area contributed by atoms with E-state index in [1.807, 2.05) is 53.7 Å². The van der Waals surface area contributed by atoms with Gasteiger partial charge in [-0.2, -0.15) is 5.26 Å². The molecule has 0 radical (unpaired) electrons. The topological polar surface area (TPSA) is 64.9 Å². The van der Waals surface area contributed by atoms with Crippen LogP contribution in [-0.4, -0.2) is 18.0 Å². The molecule has 8 heteroatoms. The summed E-state index contributed by atoms with van der Waals surface area (Å²) >= 11 is 12.3. The van der Waals surface area contributed by atoms with Crippen LogP contribution in [0.4, 0.5) is 14.5 Å². The Labute approximate surface area is 244 Å². The molecule has 1 aliphatic rings. The molecule has 1 saturated heterocycles. The summed E-state index contributed by atoms with van der Waals surface area (Å²) in [6.07, 6.45) is 0.397. The Morgan fingerprint density at radius 2 is 1.73 bits per heavy atom. The second-order valence-electron chi connectivity index (χ2n) is 11.9. The monoisotopic (exact) mass is 583 g/mol. The van der Waals surface area contributed by atoms with E-state index in [1.165, 1.54) is 24.3 Å². The van der Waals surface area contributed by atoms with Crippen molar-refractivity contribution in [2.45, 2.75) is 71.4 Å². The molecule has 4 nitrogen and oxygen atoms in total. The second kappa shape index (κ2) is 11.1. The van der Waals surface area contributed by atoms with Crippen molar-refractivity contribution >= 4 is 34.8 Å². The summed E-state index contributed by atoms with van der Waals surface area (Å²) in [5.74, 6) is -3.03. The predicted octanol–water partition coefficient (Wildman–Crippen LogP) is 8.16. The number of hydrogen-bond acceptors (Lipinski definition) is 3. The highest BCUT2D eigenvalue weighted by Crippen LogP contribution is 2.52. The molecule has 4 atom stereocenters. The Balaban J connectivity index is 1.96. The Morgan fingerprint density at radius 3 is 2.30 bits per heavy atom. The first-order valence-corrected chi connectivity index (χ1v) is 13.9. The number of rotatable bonds is 5. The number of nitriles is 1. The van der Waals surface area contributed by atoms with Crippen molar-refractivity contribution in [1.82, 2.24) is 5.32 Å². The average Bonchev–Trinajstić information content (AvgIpc) is 3.17. The van der Waals surface area contributed by atoms with Crippen molar-refractivity contribution in [3.8, 4) is 6.07 Å². The van der Waals surface area contributed by atoms with Gasteiger partial charge >= 0.3 is 0 Å². The summed E-state index contributed by atoms with van der Waals surface area (Å²) in [5.41, 5.74) is 1.82. The van der Waals surface area contributed by atoms with E-state index in [0.29, 0.717) is 12.1 Å². The van der Waals surface area contributed by atoms with E-state index >= 15 is 8.78 Å². The second-order valence-corrected chi connectivity index (χ2v) is 12.8. The molecule has 0 bridgehead atoms. The molecule has 3 aromatic carbocycles. The van der Waals surface area contributed by atoms with Crippen LogP contribution in [0.5, 0.6) is 0 Å². The molecule has 1 amide bonds. The van der Waals surface area contributed by atoms with Gasteiger partial charge < -0.3 is 10.6 Å². The number of halogens is 4. The number of amides is 1. The van der Waals surface area contributed by atoms with E-state index in [0.717, 1.165) is 22.8 Å². The molecule has 2 N–H and O–H groups in total. The minimum atomic E-state index is -1.67. The first kappa shape index (κ1) is 30.0. The average molecular weight is 585 g/mol. The zero-order valence-electron chi connectivity index (χ0n) is 23.4. The van der Waals surface area contributed by atoms with Gasteiger partial charge in [0.25, 0.3) is 0 Å². The van der Waals surface area contributed by atoms with Gasteiger partial charge in [0, 0.05) is 28.2 Å². The highest BCUT2D eigenvalue weighted by Gasteiger charge is 2.61. The van der Waals surface area contributed by atoms with E-state index in [9.17, 15) is 10.1 Å². The summed E-state index contributed by atoms with van der Waals surface area (Å²) in [5, 5.41) is 17.3. The van der Waals surface area contributed by atoms with E-state index in [-0.39, 0.29) is 26.6 Å². The van der Waals surface area contributed by atoms with Crippen molar-refractivity contribution in [2.24, 2.45) is 5.41 Å². The van der Waals surface area contributed by atoms with Crippen LogP contribution in [0.1, 0.15) is 60.9 Å². The van der Waals surface area contributed by atoms with Crippen molar-refractivity contribution in [2.75, 3.05) is 5.32 Å². The zero-order valence-corrected chi connectivity index (χ0v) is 24.9. The molecule has 210 valence electrons. The number of aryl methyl sites for hydroxylation is 2. The molecule has 1 heterocycles. The molecule has 1 aliphatic heterocycles. The zero-order chi connectivity index (χ0) is 29.6. The fourth-order valence-electron chi connectivity index (χ4n) is 5.88. The highest BCUT2D eigenvalue weighted by molar-refractivity contribution is 6.31. The minimum absolute atomic E-state index is 0.0443. The van der Waals surface area contributed by atoms with Crippen LogP contribution in [0.2, 0.25) is 10.0 Å². The summed E-state index contributed by atoms with van der Waals surface area (Å²) in [6, 6.07) is 12.9. The van der Waals surface area contributed by atoms with E-state index in [1.54, 1.807) is 6.07 Å². The van der Waals surface area contributed by atoms with Gasteiger partial charge in [-0.3, -0.25) is 4.79 Å². The van der Waals surface area contributed by atoms with Gasteiger partial charge in [0.1, 0.15) is 17.0 Å². The molecule has 0 spiro atoms. The number of carbonyl (C=O) groups is 1. The van der Waals surface area contributed by atoms with Crippen LogP contribution in [0.25, 0.3) is 0 Å². The fourth-order valence-corrected chi connectivity index (χ4v) is 6.23. The standard InChI is InChI=1S/C32H33Cl2F2N3O/c1-17-12-21(13-18(2)19(17)3)38-30(40)29-27(22-8-7-9-24(34)28(22)36)32(16-37,26(39-29)15-31(4,5)6)23-11-10-20(33)14-25(23)35/h7-14,26-27,29,39H,15H2,1-6H3,(H,38,40)/t26-,27-,29+,32-/m0/s1. The number of carbonyl (C=O) groups excluding carboxylic acids is 1. The molecule has 40 heavy (non-hydrogen) atoms. The van der Waals surface area contributed by atoms with E-state index in [4.69, 9.17) is 23.2 Å². The SMILES string of the molecule is Cc1cc(NC(=O)[C@@H]2N[C@@H](CC(C)(C)C)[C@](C#N)(c3ccc(Cl)cc3F)[C@H]2c2cccc(Cl)c2F)cc(C)c1C. The maximum Gasteiger partial charge on any atom is 0.242 e. The Hall–Kier alpha value is -2.98. The van der Waals surface area contributed by atoms with Crippen LogP contribution in [0, 0.1) is 49.2 Å². The lowest BCUT2D eigenvalue weighted by molar-refractivity contribution is -0.118. The number of anilines is 1. The Kier molecular flexibility index (Phi) is 8.34.